The Kier molecular flexibility index (Phi) is 3.31. The van der Waals surface area contributed by atoms with E-state index in [1.54, 1.807) is 17.0 Å². The number of carbonyl (C=O) groups excluding carboxylic acids is 1. The van der Waals surface area contributed by atoms with Crippen molar-refractivity contribution in [3.63, 3.8) is 0 Å². The molecule has 20 heavy (non-hydrogen) atoms. The molecule has 0 fully saturated rings. The maximum atomic E-state index is 13.2. The van der Waals surface area contributed by atoms with Crippen molar-refractivity contribution in [2.24, 2.45) is 5.73 Å². The summed E-state index contributed by atoms with van der Waals surface area (Å²) in [6, 6.07) is 11.1. The standard InChI is InChI=1S/C15H12BrFN2O/c16-10-4-5-13-12(7-10)14(18)15(20)19(13)8-9-2-1-3-11(17)6-9/h1-7,14H,8,18H2. The molecule has 1 unspecified atom stereocenters. The van der Waals surface area contributed by atoms with Crippen LogP contribution in [0.15, 0.2) is 46.9 Å². The zero-order chi connectivity index (χ0) is 14.3. The zero-order valence-electron chi connectivity index (χ0n) is 10.5. The van der Waals surface area contributed by atoms with Crippen molar-refractivity contribution in [2.75, 3.05) is 4.90 Å². The second-order valence-electron chi connectivity index (χ2n) is 4.74. The summed E-state index contributed by atoms with van der Waals surface area (Å²) in [7, 11) is 0. The molecule has 0 saturated carbocycles. The Hall–Kier alpha value is -1.72. The van der Waals surface area contributed by atoms with Gasteiger partial charge in [0.25, 0.3) is 0 Å². The molecule has 0 saturated heterocycles. The van der Waals surface area contributed by atoms with Crippen molar-refractivity contribution in [3.05, 3.63) is 63.9 Å². The summed E-state index contributed by atoms with van der Waals surface area (Å²) < 4.78 is 14.1. The van der Waals surface area contributed by atoms with Gasteiger partial charge >= 0.3 is 0 Å². The maximum Gasteiger partial charge on any atom is 0.248 e. The topological polar surface area (TPSA) is 46.3 Å². The van der Waals surface area contributed by atoms with E-state index < -0.39 is 6.04 Å². The van der Waals surface area contributed by atoms with Gasteiger partial charge < -0.3 is 10.6 Å². The molecular formula is C15H12BrFN2O. The van der Waals surface area contributed by atoms with Gasteiger partial charge in [0, 0.05) is 15.7 Å². The molecule has 0 radical (unpaired) electrons. The van der Waals surface area contributed by atoms with Gasteiger partial charge in [-0.25, -0.2) is 4.39 Å². The minimum absolute atomic E-state index is 0.164. The van der Waals surface area contributed by atoms with Crippen LogP contribution in [0.4, 0.5) is 10.1 Å². The van der Waals surface area contributed by atoms with E-state index in [0.717, 1.165) is 21.3 Å². The number of carbonyl (C=O) groups is 1. The SMILES string of the molecule is NC1C(=O)N(Cc2cccc(F)c2)c2ccc(Br)cc21. The first-order valence-corrected chi connectivity index (χ1v) is 6.96. The van der Waals surface area contributed by atoms with E-state index >= 15 is 0 Å². The number of rotatable bonds is 2. The minimum Gasteiger partial charge on any atom is -0.316 e. The number of nitrogens with two attached hydrogens (primary N) is 1. The molecule has 0 aromatic heterocycles. The highest BCUT2D eigenvalue weighted by Crippen LogP contribution is 2.37. The highest BCUT2D eigenvalue weighted by molar-refractivity contribution is 9.10. The lowest BCUT2D eigenvalue weighted by Crippen LogP contribution is -2.31. The molecule has 0 bridgehead atoms. The lowest BCUT2D eigenvalue weighted by Gasteiger charge is -2.17. The van der Waals surface area contributed by atoms with E-state index in [1.165, 1.54) is 12.1 Å². The van der Waals surface area contributed by atoms with Gasteiger partial charge in [0.1, 0.15) is 11.9 Å². The van der Waals surface area contributed by atoms with Crippen molar-refractivity contribution in [1.82, 2.24) is 0 Å². The van der Waals surface area contributed by atoms with Crippen LogP contribution in [0.1, 0.15) is 17.2 Å². The summed E-state index contributed by atoms with van der Waals surface area (Å²) in [6.45, 7) is 0.318. The Bertz CT molecular complexity index is 689. The summed E-state index contributed by atoms with van der Waals surface area (Å²) in [6.07, 6.45) is 0. The van der Waals surface area contributed by atoms with Crippen LogP contribution in [0, 0.1) is 5.82 Å². The first-order chi connectivity index (χ1) is 9.56. The van der Waals surface area contributed by atoms with Crippen LogP contribution in [0.2, 0.25) is 0 Å². The molecule has 0 aliphatic carbocycles. The molecule has 2 aromatic carbocycles. The summed E-state index contributed by atoms with van der Waals surface area (Å²) in [4.78, 5) is 13.9. The molecule has 1 heterocycles. The van der Waals surface area contributed by atoms with E-state index in [2.05, 4.69) is 15.9 Å². The average Bonchev–Trinajstić information content (AvgIpc) is 2.64. The number of hydrogen-bond acceptors (Lipinski definition) is 2. The van der Waals surface area contributed by atoms with Crippen molar-refractivity contribution >= 4 is 27.5 Å². The highest BCUT2D eigenvalue weighted by atomic mass is 79.9. The largest absolute Gasteiger partial charge is 0.316 e. The first kappa shape index (κ1) is 13.3. The van der Waals surface area contributed by atoms with E-state index in [0.29, 0.717) is 6.54 Å². The number of nitrogens with zero attached hydrogens (tertiary/aromatic N) is 1. The van der Waals surface area contributed by atoms with Crippen LogP contribution >= 0.6 is 15.9 Å². The predicted molar refractivity (Wildman–Crippen MR) is 78.7 cm³/mol. The number of fused-ring (bicyclic) bond motifs is 1. The monoisotopic (exact) mass is 334 g/mol. The third-order valence-electron chi connectivity index (χ3n) is 3.38. The molecule has 102 valence electrons. The van der Waals surface area contributed by atoms with Crippen LogP contribution in [0.25, 0.3) is 0 Å². The lowest BCUT2D eigenvalue weighted by atomic mass is 10.1. The third-order valence-corrected chi connectivity index (χ3v) is 3.87. The van der Waals surface area contributed by atoms with Gasteiger partial charge in [0.15, 0.2) is 0 Å². The number of halogens is 2. The fraction of sp³-hybridized carbons (Fsp3) is 0.133. The quantitative estimate of drug-likeness (QED) is 0.917. The zero-order valence-corrected chi connectivity index (χ0v) is 12.1. The Balaban J connectivity index is 1.97. The summed E-state index contributed by atoms with van der Waals surface area (Å²) in [5.41, 5.74) is 8.26. The van der Waals surface area contributed by atoms with E-state index in [1.807, 2.05) is 18.2 Å². The second-order valence-corrected chi connectivity index (χ2v) is 5.65. The third kappa shape index (κ3) is 2.23. The molecule has 1 aliphatic rings. The number of amides is 1. The Morgan fingerprint density at radius 3 is 2.80 bits per heavy atom. The van der Waals surface area contributed by atoms with Gasteiger partial charge in [0.05, 0.1) is 6.54 Å². The number of hydrogen-bond donors (Lipinski definition) is 1. The van der Waals surface area contributed by atoms with Crippen LogP contribution in [0.3, 0.4) is 0 Å². The number of benzene rings is 2. The van der Waals surface area contributed by atoms with Crippen molar-refractivity contribution in [1.29, 1.82) is 0 Å². The smallest absolute Gasteiger partial charge is 0.248 e. The van der Waals surface area contributed by atoms with Crippen molar-refractivity contribution in [2.45, 2.75) is 12.6 Å². The molecular weight excluding hydrogens is 323 g/mol. The molecule has 1 atom stereocenters. The maximum absolute atomic E-state index is 13.2. The molecule has 2 aromatic rings. The predicted octanol–water partition coefficient (Wildman–Crippen LogP) is 3.13. The Morgan fingerprint density at radius 1 is 1.25 bits per heavy atom. The van der Waals surface area contributed by atoms with E-state index in [-0.39, 0.29) is 11.7 Å². The van der Waals surface area contributed by atoms with Crippen molar-refractivity contribution in [3.8, 4) is 0 Å². The Labute approximate surface area is 124 Å². The highest BCUT2D eigenvalue weighted by Gasteiger charge is 2.34. The fourth-order valence-corrected chi connectivity index (χ4v) is 2.80. The number of anilines is 1. The van der Waals surface area contributed by atoms with E-state index in [9.17, 15) is 9.18 Å². The van der Waals surface area contributed by atoms with Crippen LogP contribution < -0.4 is 10.6 Å². The molecule has 3 rings (SSSR count). The molecule has 1 amide bonds. The lowest BCUT2D eigenvalue weighted by molar-refractivity contribution is -0.119. The van der Waals surface area contributed by atoms with E-state index in [4.69, 9.17) is 5.73 Å². The van der Waals surface area contributed by atoms with Gasteiger partial charge in [-0.1, -0.05) is 28.1 Å². The van der Waals surface area contributed by atoms with Gasteiger partial charge in [0.2, 0.25) is 5.91 Å². The van der Waals surface area contributed by atoms with Crippen molar-refractivity contribution < 1.29 is 9.18 Å². The van der Waals surface area contributed by atoms with Crippen LogP contribution in [-0.4, -0.2) is 5.91 Å². The summed E-state index contributed by atoms with van der Waals surface area (Å²) >= 11 is 3.37. The molecule has 1 aliphatic heterocycles. The summed E-state index contributed by atoms with van der Waals surface area (Å²) in [5.74, 6) is -0.475. The minimum atomic E-state index is -0.656. The Morgan fingerprint density at radius 2 is 2.05 bits per heavy atom. The second kappa shape index (κ2) is 5.00. The molecule has 5 heteroatoms. The van der Waals surface area contributed by atoms with Gasteiger partial charge in [-0.3, -0.25) is 4.79 Å². The van der Waals surface area contributed by atoms with Gasteiger partial charge in [-0.05, 0) is 35.9 Å². The van der Waals surface area contributed by atoms with Crippen LogP contribution in [0.5, 0.6) is 0 Å². The summed E-state index contributed by atoms with van der Waals surface area (Å²) in [5, 5.41) is 0. The van der Waals surface area contributed by atoms with Gasteiger partial charge in [-0.15, -0.1) is 0 Å². The molecule has 3 nitrogen and oxygen atoms in total. The van der Waals surface area contributed by atoms with Crippen LogP contribution in [-0.2, 0) is 11.3 Å². The average molecular weight is 335 g/mol. The van der Waals surface area contributed by atoms with Gasteiger partial charge in [-0.2, -0.15) is 0 Å². The fourth-order valence-electron chi connectivity index (χ4n) is 2.42. The molecule has 0 spiro atoms. The normalized spacial score (nSPS) is 17.4. The molecule has 2 N–H and O–H groups in total. The first-order valence-electron chi connectivity index (χ1n) is 6.17.